The van der Waals surface area contributed by atoms with Crippen molar-refractivity contribution in [3.63, 3.8) is 0 Å². The van der Waals surface area contributed by atoms with Crippen LogP contribution in [0.5, 0.6) is 0 Å². The van der Waals surface area contributed by atoms with Crippen LogP contribution in [0.4, 0.5) is 0 Å². The normalized spacial score (nSPS) is 13.2. The van der Waals surface area contributed by atoms with Crippen LogP contribution in [0.25, 0.3) is 0 Å². The van der Waals surface area contributed by atoms with Gasteiger partial charge in [0.15, 0.2) is 0 Å². The fourth-order valence-corrected chi connectivity index (χ4v) is 1.36. The highest BCUT2D eigenvalue weighted by atomic mass is 16.5. The summed E-state index contributed by atoms with van der Waals surface area (Å²) in [5.74, 6) is -0.326. The molecule has 1 aromatic carbocycles. The van der Waals surface area contributed by atoms with Gasteiger partial charge in [-0.05, 0) is 11.0 Å². The molecule has 0 fully saturated rings. The summed E-state index contributed by atoms with van der Waals surface area (Å²) in [6.07, 6.45) is 0.726. The summed E-state index contributed by atoms with van der Waals surface area (Å²) in [6, 6.07) is 9.36. The third-order valence-electron chi connectivity index (χ3n) is 2.66. The van der Waals surface area contributed by atoms with E-state index in [4.69, 9.17) is 10.5 Å². The van der Waals surface area contributed by atoms with Crippen molar-refractivity contribution < 1.29 is 9.53 Å². The smallest absolute Gasteiger partial charge is 0.323 e. The van der Waals surface area contributed by atoms with E-state index in [2.05, 4.69) is 0 Å². The van der Waals surface area contributed by atoms with Crippen LogP contribution >= 0.6 is 0 Å². The standard InChI is InChI=1S/C14H21NO2/c1-14(2,3)12(15)13(16)17-10-9-11-7-5-4-6-8-11/h4-8,12H,9-10,15H2,1-3H3/t12-/m1/s1. The molecule has 0 unspecified atom stereocenters. The average Bonchev–Trinajstić information content (AvgIpc) is 2.28. The number of hydrogen-bond acceptors (Lipinski definition) is 3. The average molecular weight is 235 g/mol. The Labute approximate surface area is 103 Å². The summed E-state index contributed by atoms with van der Waals surface area (Å²) in [4.78, 5) is 11.6. The Morgan fingerprint density at radius 1 is 1.29 bits per heavy atom. The van der Waals surface area contributed by atoms with E-state index in [1.165, 1.54) is 0 Å². The van der Waals surface area contributed by atoms with Crippen LogP contribution in [0.3, 0.4) is 0 Å². The van der Waals surface area contributed by atoms with Crippen molar-refractivity contribution in [3.8, 4) is 0 Å². The third kappa shape index (κ3) is 4.57. The molecule has 0 bridgehead atoms. The second-order valence-corrected chi connectivity index (χ2v) is 5.25. The van der Waals surface area contributed by atoms with Crippen molar-refractivity contribution in [1.29, 1.82) is 0 Å². The van der Waals surface area contributed by atoms with E-state index < -0.39 is 6.04 Å². The lowest BCUT2D eigenvalue weighted by molar-refractivity contribution is -0.147. The summed E-state index contributed by atoms with van der Waals surface area (Å²) in [5, 5.41) is 0. The molecule has 3 nitrogen and oxygen atoms in total. The molecule has 0 heterocycles. The second-order valence-electron chi connectivity index (χ2n) is 5.25. The van der Waals surface area contributed by atoms with Crippen LogP contribution in [0.2, 0.25) is 0 Å². The Balaban J connectivity index is 2.35. The van der Waals surface area contributed by atoms with Crippen LogP contribution in [0.15, 0.2) is 30.3 Å². The molecule has 0 aliphatic heterocycles. The SMILES string of the molecule is CC(C)(C)[C@H](N)C(=O)OCCc1ccccc1. The predicted octanol–water partition coefficient (Wildman–Crippen LogP) is 2.15. The van der Waals surface area contributed by atoms with Crippen LogP contribution < -0.4 is 5.73 Å². The van der Waals surface area contributed by atoms with Gasteiger partial charge in [0.05, 0.1) is 6.61 Å². The van der Waals surface area contributed by atoms with Crippen LogP contribution in [0.1, 0.15) is 26.3 Å². The highest BCUT2D eigenvalue weighted by Gasteiger charge is 2.28. The van der Waals surface area contributed by atoms with E-state index in [-0.39, 0.29) is 11.4 Å². The van der Waals surface area contributed by atoms with Gasteiger partial charge in [-0.3, -0.25) is 4.79 Å². The summed E-state index contributed by atoms with van der Waals surface area (Å²) in [6.45, 7) is 6.16. The first kappa shape index (κ1) is 13.7. The van der Waals surface area contributed by atoms with Crippen LogP contribution in [-0.4, -0.2) is 18.6 Å². The van der Waals surface area contributed by atoms with Gasteiger partial charge >= 0.3 is 5.97 Å². The third-order valence-corrected chi connectivity index (χ3v) is 2.66. The van der Waals surface area contributed by atoms with Crippen molar-refractivity contribution in [3.05, 3.63) is 35.9 Å². The van der Waals surface area contributed by atoms with Crippen molar-refractivity contribution in [2.45, 2.75) is 33.2 Å². The number of carbonyl (C=O) groups is 1. The summed E-state index contributed by atoms with van der Waals surface area (Å²) >= 11 is 0. The molecule has 17 heavy (non-hydrogen) atoms. The number of hydrogen-bond donors (Lipinski definition) is 1. The van der Waals surface area contributed by atoms with Gasteiger partial charge in [0, 0.05) is 6.42 Å². The summed E-state index contributed by atoms with van der Waals surface area (Å²) in [5.41, 5.74) is 6.70. The molecule has 1 atom stereocenters. The molecule has 0 aliphatic carbocycles. The minimum Gasteiger partial charge on any atom is -0.464 e. The van der Waals surface area contributed by atoms with Crippen molar-refractivity contribution in [2.24, 2.45) is 11.1 Å². The molecule has 3 heteroatoms. The fraction of sp³-hybridized carbons (Fsp3) is 0.500. The lowest BCUT2D eigenvalue weighted by Gasteiger charge is -2.24. The minimum absolute atomic E-state index is 0.260. The molecule has 0 spiro atoms. The highest BCUT2D eigenvalue weighted by Crippen LogP contribution is 2.18. The maximum absolute atomic E-state index is 11.6. The van der Waals surface area contributed by atoms with Gasteiger partial charge in [0.25, 0.3) is 0 Å². The Morgan fingerprint density at radius 2 is 1.88 bits per heavy atom. The Hall–Kier alpha value is -1.35. The van der Waals surface area contributed by atoms with Crippen LogP contribution in [-0.2, 0) is 16.0 Å². The number of nitrogens with two attached hydrogens (primary N) is 1. The molecule has 0 saturated carbocycles. The topological polar surface area (TPSA) is 52.3 Å². The Bertz CT molecular complexity index is 354. The zero-order chi connectivity index (χ0) is 12.9. The first-order chi connectivity index (χ1) is 7.91. The molecule has 0 amide bonds. The molecule has 0 radical (unpaired) electrons. The van der Waals surface area contributed by atoms with E-state index in [9.17, 15) is 4.79 Å². The molecule has 0 saturated heterocycles. The lowest BCUT2D eigenvalue weighted by Crippen LogP contribution is -2.43. The first-order valence-electron chi connectivity index (χ1n) is 5.87. The number of carbonyl (C=O) groups excluding carboxylic acids is 1. The van der Waals surface area contributed by atoms with Crippen molar-refractivity contribution in [1.82, 2.24) is 0 Å². The fourth-order valence-electron chi connectivity index (χ4n) is 1.36. The van der Waals surface area contributed by atoms with E-state index in [1.807, 2.05) is 51.1 Å². The predicted molar refractivity (Wildman–Crippen MR) is 68.5 cm³/mol. The minimum atomic E-state index is -0.571. The monoisotopic (exact) mass is 235 g/mol. The lowest BCUT2D eigenvalue weighted by atomic mass is 9.87. The number of rotatable bonds is 4. The first-order valence-corrected chi connectivity index (χ1v) is 5.87. The van der Waals surface area contributed by atoms with E-state index >= 15 is 0 Å². The molecule has 2 N–H and O–H groups in total. The Kier molecular flexibility index (Phi) is 4.70. The van der Waals surface area contributed by atoms with Gasteiger partial charge in [-0.25, -0.2) is 0 Å². The van der Waals surface area contributed by atoms with E-state index in [0.29, 0.717) is 6.61 Å². The molecule has 1 aromatic rings. The van der Waals surface area contributed by atoms with Crippen LogP contribution in [0, 0.1) is 5.41 Å². The zero-order valence-electron chi connectivity index (χ0n) is 10.8. The van der Waals surface area contributed by atoms with Gasteiger partial charge in [-0.1, -0.05) is 51.1 Å². The molecule has 1 rings (SSSR count). The van der Waals surface area contributed by atoms with Gasteiger partial charge < -0.3 is 10.5 Å². The summed E-state index contributed by atoms with van der Waals surface area (Å²) in [7, 11) is 0. The largest absolute Gasteiger partial charge is 0.464 e. The molecular weight excluding hydrogens is 214 g/mol. The van der Waals surface area contributed by atoms with Gasteiger partial charge in [-0.2, -0.15) is 0 Å². The van der Waals surface area contributed by atoms with Crippen molar-refractivity contribution in [2.75, 3.05) is 6.61 Å². The zero-order valence-corrected chi connectivity index (χ0v) is 10.8. The van der Waals surface area contributed by atoms with Gasteiger partial charge in [0.1, 0.15) is 6.04 Å². The van der Waals surface area contributed by atoms with Crippen molar-refractivity contribution >= 4 is 5.97 Å². The van der Waals surface area contributed by atoms with E-state index in [0.717, 1.165) is 12.0 Å². The Morgan fingerprint density at radius 3 is 2.41 bits per heavy atom. The number of benzene rings is 1. The summed E-state index contributed by atoms with van der Waals surface area (Å²) < 4.78 is 5.17. The number of esters is 1. The molecular formula is C14H21NO2. The molecule has 94 valence electrons. The molecule has 0 aromatic heterocycles. The van der Waals surface area contributed by atoms with Gasteiger partial charge in [-0.15, -0.1) is 0 Å². The molecule has 0 aliphatic rings. The maximum atomic E-state index is 11.6. The quantitative estimate of drug-likeness (QED) is 0.813. The van der Waals surface area contributed by atoms with Gasteiger partial charge in [0.2, 0.25) is 0 Å². The van der Waals surface area contributed by atoms with E-state index in [1.54, 1.807) is 0 Å². The number of ether oxygens (including phenoxy) is 1. The highest BCUT2D eigenvalue weighted by molar-refractivity contribution is 5.76. The second kappa shape index (κ2) is 5.82. The maximum Gasteiger partial charge on any atom is 0.323 e.